The maximum atomic E-state index is 13.2. The number of nitrogens with two attached hydrogens (primary N) is 1. The third-order valence-electron chi connectivity index (χ3n) is 4.90. The standard InChI is InChI=1S/C20H32N4O4S3/c1-2-3-4-5-6-7-8-9-10-14-17-24(19-22-23-20(29-19)30(21,25)26)31(27,28)18-15-12-11-13-16-18/h11-13,15-16H,2-10,14,17H2,1H3,(H2,21,25,26). The highest BCUT2D eigenvalue weighted by molar-refractivity contribution is 7.93. The predicted octanol–water partition coefficient (Wildman–Crippen LogP) is 4.30. The topological polar surface area (TPSA) is 123 Å². The summed E-state index contributed by atoms with van der Waals surface area (Å²) >= 11 is 0.662. The molecule has 2 aromatic rings. The van der Waals surface area contributed by atoms with Crippen molar-refractivity contribution < 1.29 is 16.8 Å². The molecule has 2 N–H and O–H groups in total. The summed E-state index contributed by atoms with van der Waals surface area (Å²) in [6, 6.07) is 8.02. The Morgan fingerprint density at radius 3 is 1.90 bits per heavy atom. The van der Waals surface area contributed by atoms with Gasteiger partial charge in [-0.3, -0.25) is 0 Å². The summed E-state index contributed by atoms with van der Waals surface area (Å²) in [6.07, 6.45) is 11.3. The second-order valence-electron chi connectivity index (χ2n) is 7.47. The van der Waals surface area contributed by atoms with E-state index in [2.05, 4.69) is 17.1 Å². The first-order valence-electron chi connectivity index (χ1n) is 10.7. The molecule has 0 amide bonds. The molecule has 0 aliphatic heterocycles. The van der Waals surface area contributed by atoms with Gasteiger partial charge in [-0.2, -0.15) is 0 Å². The van der Waals surface area contributed by atoms with Crippen LogP contribution in [0.3, 0.4) is 0 Å². The van der Waals surface area contributed by atoms with E-state index in [4.69, 9.17) is 5.14 Å². The van der Waals surface area contributed by atoms with Crippen LogP contribution >= 0.6 is 11.3 Å². The number of primary sulfonamides is 1. The van der Waals surface area contributed by atoms with Crippen LogP contribution in [0, 0.1) is 0 Å². The summed E-state index contributed by atoms with van der Waals surface area (Å²) in [5.41, 5.74) is 0. The van der Waals surface area contributed by atoms with E-state index in [1.165, 1.54) is 50.7 Å². The molecule has 1 aromatic heterocycles. The van der Waals surface area contributed by atoms with Gasteiger partial charge in [0.15, 0.2) is 0 Å². The first-order valence-corrected chi connectivity index (χ1v) is 14.5. The third-order valence-corrected chi connectivity index (χ3v) is 9.07. The molecule has 8 nitrogen and oxygen atoms in total. The number of hydrogen-bond donors (Lipinski definition) is 1. The summed E-state index contributed by atoms with van der Waals surface area (Å²) in [5.74, 6) is 0. The van der Waals surface area contributed by atoms with Crippen molar-refractivity contribution in [3.63, 3.8) is 0 Å². The fraction of sp³-hybridized carbons (Fsp3) is 0.600. The lowest BCUT2D eigenvalue weighted by Gasteiger charge is -2.21. The molecule has 11 heteroatoms. The molecule has 0 saturated carbocycles. The van der Waals surface area contributed by atoms with Gasteiger partial charge < -0.3 is 0 Å². The number of sulfonamides is 2. The molecule has 0 spiro atoms. The number of benzene rings is 1. The quantitative estimate of drug-likeness (QED) is 0.373. The Labute approximate surface area is 190 Å². The highest BCUT2D eigenvalue weighted by Gasteiger charge is 2.29. The van der Waals surface area contributed by atoms with Gasteiger partial charge >= 0.3 is 0 Å². The Morgan fingerprint density at radius 2 is 1.39 bits per heavy atom. The molecule has 0 saturated heterocycles. The van der Waals surface area contributed by atoms with Crippen LogP contribution in [-0.2, 0) is 20.0 Å². The predicted molar refractivity (Wildman–Crippen MR) is 124 cm³/mol. The Hall–Kier alpha value is -1.56. The molecule has 0 bridgehead atoms. The molecule has 1 aromatic carbocycles. The van der Waals surface area contributed by atoms with E-state index in [-0.39, 0.29) is 16.6 Å². The smallest absolute Gasteiger partial charge is 0.240 e. The molecule has 31 heavy (non-hydrogen) atoms. The van der Waals surface area contributed by atoms with Gasteiger partial charge in [-0.15, -0.1) is 10.2 Å². The molecule has 174 valence electrons. The van der Waals surface area contributed by atoms with E-state index in [1.807, 2.05) is 0 Å². The summed E-state index contributed by atoms with van der Waals surface area (Å²) in [5, 5.41) is 12.5. The van der Waals surface area contributed by atoms with E-state index in [1.54, 1.807) is 18.2 Å². The maximum absolute atomic E-state index is 13.2. The average molecular weight is 489 g/mol. The van der Waals surface area contributed by atoms with E-state index < -0.39 is 24.4 Å². The van der Waals surface area contributed by atoms with Crippen molar-refractivity contribution in [3.8, 4) is 0 Å². The second-order valence-corrected chi connectivity index (χ2v) is 12.0. The van der Waals surface area contributed by atoms with Gasteiger partial charge in [-0.1, -0.05) is 94.2 Å². The van der Waals surface area contributed by atoms with Crippen LogP contribution in [0.1, 0.15) is 71.1 Å². The van der Waals surface area contributed by atoms with Crippen LogP contribution in [0.25, 0.3) is 0 Å². The average Bonchev–Trinajstić information content (AvgIpc) is 3.23. The van der Waals surface area contributed by atoms with Crippen molar-refractivity contribution in [3.05, 3.63) is 30.3 Å². The maximum Gasteiger partial charge on any atom is 0.267 e. The number of anilines is 1. The van der Waals surface area contributed by atoms with Crippen molar-refractivity contribution in [1.82, 2.24) is 10.2 Å². The fourth-order valence-corrected chi connectivity index (χ4v) is 6.33. The highest BCUT2D eigenvalue weighted by Crippen LogP contribution is 2.29. The molecule has 0 fully saturated rings. The first kappa shape index (κ1) is 25.7. The SMILES string of the molecule is CCCCCCCCCCCCN(c1nnc(S(N)(=O)=O)s1)S(=O)(=O)c1ccccc1. The minimum Gasteiger partial charge on any atom is -0.240 e. The second kappa shape index (κ2) is 12.5. The molecule has 0 aliphatic rings. The monoisotopic (exact) mass is 488 g/mol. The van der Waals surface area contributed by atoms with Crippen molar-refractivity contribution in [2.75, 3.05) is 10.8 Å². The Balaban J connectivity index is 1.99. The zero-order valence-electron chi connectivity index (χ0n) is 17.9. The lowest BCUT2D eigenvalue weighted by molar-refractivity contribution is 0.555. The molecule has 1 heterocycles. The van der Waals surface area contributed by atoms with Gasteiger partial charge in [-0.25, -0.2) is 26.3 Å². The van der Waals surface area contributed by atoms with Gasteiger partial charge in [0.1, 0.15) is 0 Å². The minimum atomic E-state index is -4.05. The van der Waals surface area contributed by atoms with Gasteiger partial charge in [0.2, 0.25) is 9.47 Å². The van der Waals surface area contributed by atoms with Crippen LogP contribution < -0.4 is 9.44 Å². The summed E-state index contributed by atoms with van der Waals surface area (Å²) in [6.45, 7) is 2.41. The fourth-order valence-electron chi connectivity index (χ4n) is 3.20. The minimum absolute atomic E-state index is 0.00352. The molecule has 0 atom stereocenters. The van der Waals surface area contributed by atoms with Gasteiger partial charge in [0, 0.05) is 6.54 Å². The van der Waals surface area contributed by atoms with E-state index in [0.29, 0.717) is 17.8 Å². The highest BCUT2D eigenvalue weighted by atomic mass is 32.2. The largest absolute Gasteiger partial charge is 0.267 e. The Kier molecular flexibility index (Phi) is 10.3. The van der Waals surface area contributed by atoms with Gasteiger partial charge in [0.25, 0.3) is 20.0 Å². The van der Waals surface area contributed by atoms with Crippen LogP contribution in [0.15, 0.2) is 39.6 Å². The lowest BCUT2D eigenvalue weighted by atomic mass is 10.1. The van der Waals surface area contributed by atoms with E-state index in [0.717, 1.165) is 23.6 Å². The van der Waals surface area contributed by atoms with Crippen molar-refractivity contribution in [1.29, 1.82) is 0 Å². The Morgan fingerprint density at radius 1 is 0.839 bits per heavy atom. The van der Waals surface area contributed by atoms with Crippen LogP contribution in [0.2, 0.25) is 0 Å². The molecule has 0 aliphatic carbocycles. The molecule has 0 unspecified atom stereocenters. The van der Waals surface area contributed by atoms with Gasteiger partial charge in [-0.05, 0) is 18.6 Å². The number of aromatic nitrogens is 2. The molecular weight excluding hydrogens is 456 g/mol. The van der Waals surface area contributed by atoms with Crippen LogP contribution in [0.4, 0.5) is 5.13 Å². The van der Waals surface area contributed by atoms with Crippen molar-refractivity contribution >= 4 is 36.5 Å². The lowest BCUT2D eigenvalue weighted by Crippen LogP contribution is -2.32. The number of rotatable bonds is 15. The Bertz CT molecular complexity index is 992. The number of hydrogen-bond acceptors (Lipinski definition) is 7. The summed E-state index contributed by atoms with van der Waals surface area (Å²) in [4.78, 5) is 0.120. The molecule has 2 rings (SSSR count). The number of unbranched alkanes of at least 4 members (excludes halogenated alkanes) is 9. The first-order chi connectivity index (χ1) is 14.8. The summed E-state index contributed by atoms with van der Waals surface area (Å²) < 4.78 is 50.2. The zero-order chi connectivity index (χ0) is 22.7. The van der Waals surface area contributed by atoms with Gasteiger partial charge in [0.05, 0.1) is 4.90 Å². The normalized spacial score (nSPS) is 12.2. The zero-order valence-corrected chi connectivity index (χ0v) is 20.4. The van der Waals surface area contributed by atoms with E-state index >= 15 is 0 Å². The third kappa shape index (κ3) is 8.13. The number of nitrogens with zero attached hydrogens (tertiary/aromatic N) is 3. The molecule has 0 radical (unpaired) electrons. The van der Waals surface area contributed by atoms with Crippen LogP contribution in [-0.4, -0.2) is 33.6 Å². The van der Waals surface area contributed by atoms with Crippen molar-refractivity contribution in [2.45, 2.75) is 80.4 Å². The summed E-state index contributed by atoms with van der Waals surface area (Å²) in [7, 11) is -7.94. The van der Waals surface area contributed by atoms with Crippen LogP contribution in [0.5, 0.6) is 0 Å². The van der Waals surface area contributed by atoms with E-state index in [9.17, 15) is 16.8 Å². The van der Waals surface area contributed by atoms with Crippen molar-refractivity contribution in [2.24, 2.45) is 5.14 Å². The molecular formula is C20H32N4O4S3.